The summed E-state index contributed by atoms with van der Waals surface area (Å²) in [5.41, 5.74) is 2.03. The lowest BCUT2D eigenvalue weighted by molar-refractivity contribution is -0.115. The quantitative estimate of drug-likeness (QED) is 0.384. The molecule has 1 N–H and O–H groups in total. The van der Waals surface area contributed by atoms with Crippen molar-refractivity contribution in [1.29, 1.82) is 0 Å². The highest BCUT2D eigenvalue weighted by molar-refractivity contribution is 8.00. The molecule has 0 aromatic heterocycles. The molecule has 0 fully saturated rings. The third-order valence-electron chi connectivity index (χ3n) is 4.16. The molecule has 0 radical (unpaired) electrons. The van der Waals surface area contributed by atoms with E-state index in [2.05, 4.69) is 5.32 Å². The zero-order valence-corrected chi connectivity index (χ0v) is 17.0. The van der Waals surface area contributed by atoms with E-state index in [9.17, 15) is 9.59 Å². The first-order chi connectivity index (χ1) is 14.2. The fourth-order valence-corrected chi connectivity index (χ4v) is 3.76. The molecular formula is C24H23NO3S. The number of anilines is 1. The summed E-state index contributed by atoms with van der Waals surface area (Å²) in [6.45, 7) is 2.34. The highest BCUT2D eigenvalue weighted by Crippen LogP contribution is 2.36. The fourth-order valence-electron chi connectivity index (χ4n) is 2.71. The van der Waals surface area contributed by atoms with Gasteiger partial charge in [-0.15, -0.1) is 11.8 Å². The van der Waals surface area contributed by atoms with E-state index in [1.807, 2.05) is 67.6 Å². The second-order valence-electron chi connectivity index (χ2n) is 6.42. The van der Waals surface area contributed by atoms with E-state index in [0.29, 0.717) is 17.9 Å². The third-order valence-corrected chi connectivity index (χ3v) is 5.43. The summed E-state index contributed by atoms with van der Waals surface area (Å²) in [6, 6.07) is 26.3. The van der Waals surface area contributed by atoms with E-state index in [4.69, 9.17) is 4.74 Å². The van der Waals surface area contributed by atoms with Crippen molar-refractivity contribution in [1.82, 2.24) is 0 Å². The van der Waals surface area contributed by atoms with Gasteiger partial charge >= 0.3 is 5.97 Å². The average molecular weight is 406 g/mol. The average Bonchev–Trinajstić information content (AvgIpc) is 2.77. The molecule has 0 aliphatic rings. The van der Waals surface area contributed by atoms with Crippen LogP contribution in [0.3, 0.4) is 0 Å². The monoisotopic (exact) mass is 405 g/mol. The van der Waals surface area contributed by atoms with Crippen LogP contribution in [0.1, 0.15) is 34.5 Å². The molecule has 0 bridgehead atoms. The van der Waals surface area contributed by atoms with Gasteiger partial charge in [-0.1, -0.05) is 55.5 Å². The highest BCUT2D eigenvalue weighted by atomic mass is 32.2. The topological polar surface area (TPSA) is 55.4 Å². The number of nitrogens with one attached hydrogen (secondary N) is 1. The molecule has 3 rings (SSSR count). The van der Waals surface area contributed by atoms with Crippen LogP contribution in [-0.2, 0) is 9.53 Å². The van der Waals surface area contributed by atoms with E-state index in [1.54, 1.807) is 24.3 Å². The van der Waals surface area contributed by atoms with Gasteiger partial charge in [0.2, 0.25) is 5.91 Å². The number of hydrogen-bond acceptors (Lipinski definition) is 4. The highest BCUT2D eigenvalue weighted by Gasteiger charge is 2.22. The van der Waals surface area contributed by atoms with E-state index in [-0.39, 0.29) is 11.9 Å². The largest absolute Gasteiger partial charge is 0.462 e. The summed E-state index contributed by atoms with van der Waals surface area (Å²) in [6.07, 6.45) is 0.778. The SMILES string of the molecule is CCCOC(=O)c1ccc(NC(=O)[C@@H](Sc2ccccc2)c2ccccc2)cc1. The molecule has 0 aliphatic heterocycles. The van der Waals surface area contributed by atoms with E-state index in [1.165, 1.54) is 11.8 Å². The van der Waals surface area contributed by atoms with Gasteiger partial charge in [0, 0.05) is 10.6 Å². The van der Waals surface area contributed by atoms with Crippen LogP contribution >= 0.6 is 11.8 Å². The van der Waals surface area contributed by atoms with Gasteiger partial charge in [-0.05, 0) is 48.4 Å². The summed E-state index contributed by atoms with van der Waals surface area (Å²) in [7, 11) is 0. The number of esters is 1. The Morgan fingerprint density at radius 1 is 0.897 bits per heavy atom. The normalized spacial score (nSPS) is 11.5. The minimum Gasteiger partial charge on any atom is -0.462 e. The second kappa shape index (κ2) is 10.5. The number of carbonyl (C=O) groups excluding carboxylic acids is 2. The van der Waals surface area contributed by atoms with Crippen molar-refractivity contribution in [3.05, 3.63) is 96.1 Å². The van der Waals surface area contributed by atoms with Crippen molar-refractivity contribution < 1.29 is 14.3 Å². The molecule has 0 aliphatic carbocycles. The maximum absolute atomic E-state index is 13.1. The Kier molecular flexibility index (Phi) is 7.47. The van der Waals surface area contributed by atoms with Crippen LogP contribution in [0.15, 0.2) is 89.8 Å². The van der Waals surface area contributed by atoms with Gasteiger partial charge in [0.25, 0.3) is 0 Å². The molecule has 4 nitrogen and oxygen atoms in total. The third kappa shape index (κ3) is 5.96. The number of thioether (sulfide) groups is 1. The fraction of sp³-hybridized carbons (Fsp3) is 0.167. The van der Waals surface area contributed by atoms with Gasteiger partial charge in [-0.3, -0.25) is 4.79 Å². The van der Waals surface area contributed by atoms with Gasteiger partial charge in [0.05, 0.1) is 12.2 Å². The molecule has 0 unspecified atom stereocenters. The number of amides is 1. The van der Waals surface area contributed by atoms with Gasteiger partial charge in [-0.25, -0.2) is 4.79 Å². The smallest absolute Gasteiger partial charge is 0.338 e. The van der Waals surface area contributed by atoms with Crippen molar-refractivity contribution in [2.45, 2.75) is 23.5 Å². The first-order valence-corrected chi connectivity index (χ1v) is 10.4. The van der Waals surface area contributed by atoms with Crippen molar-refractivity contribution >= 4 is 29.3 Å². The molecule has 0 heterocycles. The maximum atomic E-state index is 13.1. The number of benzene rings is 3. The maximum Gasteiger partial charge on any atom is 0.338 e. The Bertz CT molecular complexity index is 927. The lowest BCUT2D eigenvalue weighted by atomic mass is 10.1. The summed E-state index contributed by atoms with van der Waals surface area (Å²) in [5, 5.41) is 2.56. The minimum absolute atomic E-state index is 0.119. The molecule has 1 atom stereocenters. The Morgan fingerprint density at radius 3 is 2.14 bits per heavy atom. The molecule has 0 saturated carbocycles. The van der Waals surface area contributed by atoms with Crippen molar-refractivity contribution in [2.75, 3.05) is 11.9 Å². The van der Waals surface area contributed by atoms with Crippen molar-refractivity contribution in [3.63, 3.8) is 0 Å². The van der Waals surface area contributed by atoms with Gasteiger partial charge in [0.1, 0.15) is 5.25 Å². The number of ether oxygens (including phenoxy) is 1. The van der Waals surface area contributed by atoms with Crippen LogP contribution in [0.5, 0.6) is 0 Å². The minimum atomic E-state index is -0.396. The molecule has 3 aromatic rings. The molecule has 3 aromatic carbocycles. The zero-order chi connectivity index (χ0) is 20.5. The van der Waals surface area contributed by atoms with Crippen LogP contribution in [0, 0.1) is 0 Å². The summed E-state index contributed by atoms with van der Waals surface area (Å²) in [5.74, 6) is -0.474. The predicted molar refractivity (Wildman–Crippen MR) is 117 cm³/mol. The predicted octanol–water partition coefficient (Wildman–Crippen LogP) is 5.73. The van der Waals surface area contributed by atoms with Crippen LogP contribution in [0.2, 0.25) is 0 Å². The molecule has 1 amide bonds. The van der Waals surface area contributed by atoms with E-state index < -0.39 is 5.25 Å². The lowest BCUT2D eigenvalue weighted by Crippen LogP contribution is -2.19. The van der Waals surface area contributed by atoms with E-state index >= 15 is 0 Å². The number of carbonyl (C=O) groups is 2. The summed E-state index contributed by atoms with van der Waals surface area (Å²) < 4.78 is 5.13. The summed E-state index contributed by atoms with van der Waals surface area (Å²) in [4.78, 5) is 26.0. The van der Waals surface area contributed by atoms with Gasteiger partial charge in [0.15, 0.2) is 0 Å². The van der Waals surface area contributed by atoms with Gasteiger partial charge in [-0.2, -0.15) is 0 Å². The molecule has 0 spiro atoms. The Hall–Kier alpha value is -3.05. The van der Waals surface area contributed by atoms with Crippen LogP contribution in [-0.4, -0.2) is 18.5 Å². The Balaban J connectivity index is 1.73. The zero-order valence-electron chi connectivity index (χ0n) is 16.2. The standard InChI is InChI=1S/C24H23NO3S/c1-2-17-28-24(27)19-13-15-20(16-14-19)25-23(26)22(18-9-5-3-6-10-18)29-21-11-7-4-8-12-21/h3-16,22H,2,17H2,1H3,(H,25,26)/t22-/m0/s1. The molecule has 5 heteroatoms. The molecular weight excluding hydrogens is 382 g/mol. The Labute approximate surface area is 175 Å². The van der Waals surface area contributed by atoms with Crippen LogP contribution < -0.4 is 5.32 Å². The molecule has 29 heavy (non-hydrogen) atoms. The summed E-state index contributed by atoms with van der Waals surface area (Å²) >= 11 is 1.50. The van der Waals surface area contributed by atoms with Crippen molar-refractivity contribution in [2.24, 2.45) is 0 Å². The molecule has 148 valence electrons. The number of rotatable bonds is 8. The number of hydrogen-bond donors (Lipinski definition) is 1. The first-order valence-electron chi connectivity index (χ1n) is 9.52. The van der Waals surface area contributed by atoms with E-state index in [0.717, 1.165) is 16.9 Å². The second-order valence-corrected chi connectivity index (χ2v) is 7.60. The van der Waals surface area contributed by atoms with Crippen LogP contribution in [0.4, 0.5) is 5.69 Å². The van der Waals surface area contributed by atoms with Crippen LogP contribution in [0.25, 0.3) is 0 Å². The first kappa shape index (κ1) is 20.7. The van der Waals surface area contributed by atoms with Gasteiger partial charge < -0.3 is 10.1 Å². The lowest BCUT2D eigenvalue weighted by Gasteiger charge is -2.17. The Morgan fingerprint density at radius 2 is 1.52 bits per heavy atom. The molecule has 0 saturated heterocycles. The van der Waals surface area contributed by atoms with Crippen molar-refractivity contribution in [3.8, 4) is 0 Å².